The lowest BCUT2D eigenvalue weighted by atomic mass is 10.0. The van der Waals surface area contributed by atoms with Gasteiger partial charge in [0.15, 0.2) is 0 Å². The first kappa shape index (κ1) is 22.1. The Morgan fingerprint density at radius 1 is 0.970 bits per heavy atom. The van der Waals surface area contributed by atoms with Gasteiger partial charge in [-0.2, -0.15) is 0 Å². The third kappa shape index (κ3) is 5.03. The van der Waals surface area contributed by atoms with E-state index in [1.54, 1.807) is 0 Å². The summed E-state index contributed by atoms with van der Waals surface area (Å²) in [6.45, 7) is 4.25. The van der Waals surface area contributed by atoms with E-state index in [1.807, 2.05) is 99.6 Å². The summed E-state index contributed by atoms with van der Waals surface area (Å²) in [5, 5.41) is 8.13. The van der Waals surface area contributed by atoms with Crippen LogP contribution < -0.4 is 20.3 Å². The Bertz CT molecular complexity index is 1290. The maximum Gasteiger partial charge on any atom is 0.260 e. The fourth-order valence-electron chi connectivity index (χ4n) is 3.58. The summed E-state index contributed by atoms with van der Waals surface area (Å²) in [5.74, 6) is 2.59. The van der Waals surface area contributed by atoms with E-state index in [1.165, 1.54) is 0 Å². The molecular formula is C26H27N5O2. The first-order valence-electron chi connectivity index (χ1n) is 10.8. The number of nitrogens with one attached hydrogen (secondary N) is 2. The molecule has 2 N–H and O–H groups in total. The average molecular weight is 442 g/mol. The highest BCUT2D eigenvalue weighted by Crippen LogP contribution is 2.29. The molecule has 0 atom stereocenters. The van der Waals surface area contributed by atoms with Crippen LogP contribution in [0.2, 0.25) is 0 Å². The summed E-state index contributed by atoms with van der Waals surface area (Å²) >= 11 is 0. The Kier molecular flexibility index (Phi) is 6.40. The normalized spacial score (nSPS) is 10.7. The molecule has 0 unspecified atom stereocenters. The van der Waals surface area contributed by atoms with Gasteiger partial charge in [-0.05, 0) is 55.0 Å². The standard InChI is InChI=1S/C26H27N5O2/c1-5-33-22-15-10-18-8-6-7-9-21(18)25(22)26(32)30-20-13-11-19(12-14-20)29-23-16-24(31(3)4)28-17(2)27-23/h6-16H,5H2,1-4H3,(H,30,32)(H,27,28,29). The van der Waals surface area contributed by atoms with Crippen LogP contribution in [0.25, 0.3) is 10.8 Å². The van der Waals surface area contributed by atoms with Crippen molar-refractivity contribution in [1.82, 2.24) is 9.97 Å². The smallest absolute Gasteiger partial charge is 0.260 e. The second kappa shape index (κ2) is 9.56. The van der Waals surface area contributed by atoms with Gasteiger partial charge in [0.25, 0.3) is 5.91 Å². The zero-order valence-corrected chi connectivity index (χ0v) is 19.2. The van der Waals surface area contributed by atoms with Crippen molar-refractivity contribution < 1.29 is 9.53 Å². The van der Waals surface area contributed by atoms with Gasteiger partial charge >= 0.3 is 0 Å². The van der Waals surface area contributed by atoms with E-state index in [2.05, 4.69) is 20.6 Å². The minimum atomic E-state index is -0.210. The number of anilines is 4. The van der Waals surface area contributed by atoms with E-state index in [4.69, 9.17) is 4.74 Å². The SMILES string of the molecule is CCOc1ccc2ccccc2c1C(=O)Nc1ccc(Nc2cc(N(C)C)nc(C)n2)cc1. The molecule has 1 amide bonds. The predicted octanol–water partition coefficient (Wildman–Crippen LogP) is 5.40. The molecule has 33 heavy (non-hydrogen) atoms. The molecule has 4 rings (SSSR count). The summed E-state index contributed by atoms with van der Waals surface area (Å²) in [6, 6.07) is 21.0. The minimum Gasteiger partial charge on any atom is -0.493 e. The lowest BCUT2D eigenvalue weighted by molar-refractivity contribution is 0.102. The molecule has 0 radical (unpaired) electrons. The number of fused-ring (bicyclic) bond motifs is 1. The van der Waals surface area contributed by atoms with Crippen LogP contribution in [0.1, 0.15) is 23.1 Å². The average Bonchev–Trinajstić information content (AvgIpc) is 2.80. The highest BCUT2D eigenvalue weighted by Gasteiger charge is 2.17. The summed E-state index contributed by atoms with van der Waals surface area (Å²) in [5.41, 5.74) is 2.08. The van der Waals surface area contributed by atoms with E-state index in [0.717, 1.165) is 22.3 Å². The molecule has 3 aromatic carbocycles. The summed E-state index contributed by atoms with van der Waals surface area (Å²) < 4.78 is 5.74. The molecule has 0 saturated carbocycles. The first-order chi connectivity index (χ1) is 15.9. The number of hydrogen-bond donors (Lipinski definition) is 2. The Morgan fingerprint density at radius 2 is 1.70 bits per heavy atom. The topological polar surface area (TPSA) is 79.4 Å². The Hall–Kier alpha value is -4.13. The van der Waals surface area contributed by atoms with Crippen molar-refractivity contribution in [1.29, 1.82) is 0 Å². The molecule has 0 aliphatic rings. The number of hydrogen-bond acceptors (Lipinski definition) is 6. The van der Waals surface area contributed by atoms with Crippen molar-refractivity contribution in [2.75, 3.05) is 36.2 Å². The molecule has 7 heteroatoms. The van der Waals surface area contributed by atoms with E-state index >= 15 is 0 Å². The van der Waals surface area contributed by atoms with Gasteiger partial charge in [0.2, 0.25) is 0 Å². The highest BCUT2D eigenvalue weighted by atomic mass is 16.5. The van der Waals surface area contributed by atoms with Gasteiger partial charge in [0.05, 0.1) is 12.2 Å². The Morgan fingerprint density at radius 3 is 2.42 bits per heavy atom. The second-order valence-electron chi connectivity index (χ2n) is 7.80. The van der Waals surface area contributed by atoms with Crippen LogP contribution in [0.3, 0.4) is 0 Å². The number of aromatic nitrogens is 2. The first-order valence-corrected chi connectivity index (χ1v) is 10.8. The number of amides is 1. The number of ether oxygens (including phenoxy) is 1. The second-order valence-corrected chi connectivity index (χ2v) is 7.80. The molecule has 1 heterocycles. The number of carbonyl (C=O) groups excluding carboxylic acids is 1. The van der Waals surface area contributed by atoms with Crippen molar-refractivity contribution in [2.45, 2.75) is 13.8 Å². The third-order valence-electron chi connectivity index (χ3n) is 5.12. The van der Waals surface area contributed by atoms with Gasteiger partial charge < -0.3 is 20.3 Å². The van der Waals surface area contributed by atoms with Crippen LogP contribution in [0.15, 0.2) is 66.7 Å². The van der Waals surface area contributed by atoms with Crippen molar-refractivity contribution >= 4 is 39.7 Å². The number of carbonyl (C=O) groups is 1. The van der Waals surface area contributed by atoms with Crippen molar-refractivity contribution in [2.24, 2.45) is 0 Å². The largest absolute Gasteiger partial charge is 0.493 e. The predicted molar refractivity (Wildman–Crippen MR) is 134 cm³/mol. The van der Waals surface area contributed by atoms with Crippen LogP contribution in [-0.2, 0) is 0 Å². The van der Waals surface area contributed by atoms with Crippen LogP contribution in [-0.4, -0.2) is 36.6 Å². The third-order valence-corrected chi connectivity index (χ3v) is 5.12. The molecule has 0 aliphatic heterocycles. The molecule has 1 aromatic heterocycles. The van der Waals surface area contributed by atoms with E-state index in [0.29, 0.717) is 35.2 Å². The Labute approximate surface area is 193 Å². The van der Waals surface area contributed by atoms with Gasteiger partial charge in [-0.3, -0.25) is 4.79 Å². The highest BCUT2D eigenvalue weighted by molar-refractivity contribution is 6.15. The fourth-order valence-corrected chi connectivity index (χ4v) is 3.58. The summed E-state index contributed by atoms with van der Waals surface area (Å²) in [6.07, 6.45) is 0. The quantitative estimate of drug-likeness (QED) is 0.400. The van der Waals surface area contributed by atoms with Crippen LogP contribution in [0.5, 0.6) is 5.75 Å². The maximum absolute atomic E-state index is 13.2. The van der Waals surface area contributed by atoms with Gasteiger partial charge in [0, 0.05) is 31.5 Å². The lowest BCUT2D eigenvalue weighted by Crippen LogP contribution is -2.14. The number of nitrogens with zero attached hydrogens (tertiary/aromatic N) is 3. The van der Waals surface area contributed by atoms with Gasteiger partial charge in [-0.25, -0.2) is 9.97 Å². The van der Waals surface area contributed by atoms with Crippen LogP contribution in [0.4, 0.5) is 23.0 Å². The zero-order valence-electron chi connectivity index (χ0n) is 19.2. The van der Waals surface area contributed by atoms with Gasteiger partial charge in [0.1, 0.15) is 23.2 Å². The van der Waals surface area contributed by atoms with Crippen molar-refractivity contribution in [3.05, 3.63) is 78.1 Å². The molecule has 0 bridgehead atoms. The Balaban J connectivity index is 1.54. The molecule has 0 fully saturated rings. The zero-order chi connectivity index (χ0) is 23.4. The number of aryl methyl sites for hydroxylation is 1. The number of rotatable bonds is 7. The minimum absolute atomic E-state index is 0.210. The monoisotopic (exact) mass is 441 g/mol. The van der Waals surface area contributed by atoms with Crippen molar-refractivity contribution in [3.63, 3.8) is 0 Å². The molecule has 7 nitrogen and oxygen atoms in total. The van der Waals surface area contributed by atoms with Gasteiger partial charge in [-0.15, -0.1) is 0 Å². The summed E-state index contributed by atoms with van der Waals surface area (Å²) in [7, 11) is 3.88. The lowest BCUT2D eigenvalue weighted by Gasteiger charge is -2.15. The maximum atomic E-state index is 13.2. The summed E-state index contributed by atoms with van der Waals surface area (Å²) in [4.78, 5) is 24.0. The fraction of sp³-hybridized carbons (Fsp3) is 0.192. The molecule has 0 spiro atoms. The molecule has 0 saturated heterocycles. The molecule has 4 aromatic rings. The van der Waals surface area contributed by atoms with E-state index in [-0.39, 0.29) is 5.91 Å². The van der Waals surface area contributed by atoms with Crippen molar-refractivity contribution in [3.8, 4) is 5.75 Å². The van der Waals surface area contributed by atoms with Crippen LogP contribution in [0, 0.1) is 6.92 Å². The van der Waals surface area contributed by atoms with Crippen LogP contribution >= 0.6 is 0 Å². The molecular weight excluding hydrogens is 414 g/mol. The molecule has 0 aliphatic carbocycles. The molecule has 168 valence electrons. The van der Waals surface area contributed by atoms with Gasteiger partial charge in [-0.1, -0.05) is 30.3 Å². The van der Waals surface area contributed by atoms with E-state index < -0.39 is 0 Å². The van der Waals surface area contributed by atoms with E-state index in [9.17, 15) is 4.79 Å². The number of benzene rings is 3.